The number of esters is 1. The fourth-order valence-corrected chi connectivity index (χ4v) is 6.20. The van der Waals surface area contributed by atoms with Gasteiger partial charge in [-0.25, -0.2) is 0 Å². The van der Waals surface area contributed by atoms with Crippen molar-refractivity contribution in [2.24, 2.45) is 5.92 Å². The van der Waals surface area contributed by atoms with Crippen LogP contribution in [0, 0.1) is 5.92 Å². The van der Waals surface area contributed by atoms with Crippen LogP contribution in [0.4, 0.5) is 14.5 Å². The number of rotatable bonds is 17. The second-order valence-electron chi connectivity index (χ2n) is 12.2. The van der Waals surface area contributed by atoms with Gasteiger partial charge >= 0.3 is 12.6 Å². The van der Waals surface area contributed by atoms with Crippen LogP contribution in [-0.2, 0) is 20.8 Å². The van der Waals surface area contributed by atoms with E-state index in [9.17, 15) is 13.6 Å². The molecule has 1 atom stereocenters. The first-order valence-electron chi connectivity index (χ1n) is 16.5. The molecular weight excluding hydrogens is 675 g/mol. The topological polar surface area (TPSA) is 65.4 Å². The Balaban J connectivity index is 1.38. The van der Waals surface area contributed by atoms with E-state index in [1.54, 1.807) is 25.1 Å². The van der Waals surface area contributed by atoms with Crippen LogP contribution in [0.2, 0.25) is 0 Å². The van der Waals surface area contributed by atoms with Crippen molar-refractivity contribution in [1.82, 2.24) is 9.47 Å². The molecule has 0 unspecified atom stereocenters. The van der Waals surface area contributed by atoms with Gasteiger partial charge < -0.3 is 28.4 Å². The first-order valence-corrected chi connectivity index (χ1v) is 17.3. The molecule has 1 aliphatic carbocycles. The largest absolute Gasteiger partial charge is 0.489 e. The number of alkyl halides is 2. The lowest BCUT2D eigenvalue weighted by Gasteiger charge is -2.29. The molecule has 1 saturated heterocycles. The van der Waals surface area contributed by atoms with E-state index in [0.717, 1.165) is 68.8 Å². The third-order valence-electron chi connectivity index (χ3n) is 8.76. The smallest absolute Gasteiger partial charge is 0.387 e. The van der Waals surface area contributed by atoms with E-state index >= 15 is 0 Å². The van der Waals surface area contributed by atoms with Crippen LogP contribution in [0.3, 0.4) is 0 Å². The van der Waals surface area contributed by atoms with Crippen molar-refractivity contribution in [2.75, 3.05) is 57.9 Å². The van der Waals surface area contributed by atoms with Crippen LogP contribution < -0.4 is 14.4 Å². The van der Waals surface area contributed by atoms with Crippen molar-refractivity contribution in [2.45, 2.75) is 45.4 Å². The molecule has 0 spiro atoms. The maximum Gasteiger partial charge on any atom is 0.387 e. The van der Waals surface area contributed by atoms with E-state index in [4.69, 9.17) is 42.1 Å². The molecule has 2 heterocycles. The summed E-state index contributed by atoms with van der Waals surface area (Å²) in [5, 5.41) is 1.69. The lowest BCUT2D eigenvalue weighted by Crippen LogP contribution is -2.40. The molecule has 2 aromatic carbocycles. The van der Waals surface area contributed by atoms with Gasteiger partial charge in [-0.2, -0.15) is 8.78 Å². The third kappa shape index (κ3) is 10.0. The molecule has 264 valence electrons. The summed E-state index contributed by atoms with van der Waals surface area (Å²) < 4.78 is 50.6. The van der Waals surface area contributed by atoms with Gasteiger partial charge in [-0.05, 0) is 67.2 Å². The molecule has 0 radical (unpaired) electrons. The lowest BCUT2D eigenvalue weighted by atomic mass is 9.99. The molecular formula is C37H43Cl2F2N3O5. The van der Waals surface area contributed by atoms with Gasteiger partial charge in [0.05, 0.1) is 25.3 Å². The van der Waals surface area contributed by atoms with Gasteiger partial charge in [0.2, 0.25) is 0 Å². The van der Waals surface area contributed by atoms with E-state index in [0.29, 0.717) is 33.7 Å². The Morgan fingerprint density at radius 3 is 2.61 bits per heavy atom. The minimum atomic E-state index is -3.03. The van der Waals surface area contributed by atoms with Gasteiger partial charge in [0, 0.05) is 67.0 Å². The minimum Gasteiger partial charge on any atom is -0.489 e. The highest BCUT2D eigenvalue weighted by molar-refractivity contribution is 6.36. The maximum atomic E-state index is 13.7. The number of hydrogen-bond acceptors (Lipinski definition) is 7. The number of halogens is 4. The molecule has 2 fully saturated rings. The molecule has 0 bridgehead atoms. The van der Waals surface area contributed by atoms with Gasteiger partial charge in [0.1, 0.15) is 12.6 Å². The fourth-order valence-electron chi connectivity index (χ4n) is 5.79. The molecule has 12 heteroatoms. The van der Waals surface area contributed by atoms with Crippen LogP contribution in [-0.4, -0.2) is 75.1 Å². The Kier molecular flexibility index (Phi) is 13.0. The standard InChI is InChI=1S/C37H43Cl2F2N3O5/c1-4-29(38)28(30(39)5-2)22-34(26-11-12-33(49-37(40)41)35(21-26)47-24-25-9-10-25)48-36(45)23-44-14-13-27-31(7-6-8-32(27)44)42(3)15-16-43-17-19-46-20-18-43/h4-8,11-14,21,25,34,37H,1,9-10,15-20,22-24H2,2-3H3/b29-28+,30-5+/t34-/m0/s1. The minimum absolute atomic E-state index is 0.0653. The van der Waals surface area contributed by atoms with Crippen molar-refractivity contribution >= 4 is 45.8 Å². The highest BCUT2D eigenvalue weighted by Crippen LogP contribution is 2.39. The zero-order valence-corrected chi connectivity index (χ0v) is 29.4. The molecule has 8 nitrogen and oxygen atoms in total. The lowest BCUT2D eigenvalue weighted by molar-refractivity contribution is -0.150. The van der Waals surface area contributed by atoms with Crippen LogP contribution >= 0.6 is 23.2 Å². The number of carbonyl (C=O) groups excluding carboxylic acids is 1. The Labute approximate surface area is 296 Å². The molecule has 2 aliphatic rings. The average Bonchev–Trinajstić information content (AvgIpc) is 3.86. The Hall–Kier alpha value is -3.57. The predicted octanol–water partition coefficient (Wildman–Crippen LogP) is 8.30. The van der Waals surface area contributed by atoms with Gasteiger partial charge in [-0.1, -0.05) is 54.1 Å². The van der Waals surface area contributed by atoms with Crippen LogP contribution in [0.15, 0.2) is 83.0 Å². The number of fused-ring (bicyclic) bond motifs is 1. The van der Waals surface area contributed by atoms with Gasteiger partial charge in [0.25, 0.3) is 0 Å². The highest BCUT2D eigenvalue weighted by Gasteiger charge is 2.26. The molecule has 1 saturated carbocycles. The van der Waals surface area contributed by atoms with E-state index in [-0.39, 0.29) is 24.5 Å². The summed E-state index contributed by atoms with van der Waals surface area (Å²) in [5.74, 6) is -0.0922. The quantitative estimate of drug-likeness (QED) is 0.103. The second kappa shape index (κ2) is 17.4. The zero-order valence-electron chi connectivity index (χ0n) is 27.9. The average molecular weight is 719 g/mol. The first-order chi connectivity index (χ1) is 23.7. The summed E-state index contributed by atoms with van der Waals surface area (Å²) in [6.07, 6.45) is 6.26. The summed E-state index contributed by atoms with van der Waals surface area (Å²) >= 11 is 13.1. The van der Waals surface area contributed by atoms with Crippen molar-refractivity contribution < 1.29 is 32.5 Å². The molecule has 0 N–H and O–H groups in total. The van der Waals surface area contributed by atoms with E-state index < -0.39 is 18.7 Å². The molecule has 1 aliphatic heterocycles. The van der Waals surface area contributed by atoms with Gasteiger partial charge in [-0.15, -0.1) is 0 Å². The molecule has 49 heavy (non-hydrogen) atoms. The fraction of sp³-hybridized carbons (Fsp3) is 0.432. The maximum absolute atomic E-state index is 13.7. The number of allylic oxidation sites excluding steroid dienone is 4. The Morgan fingerprint density at radius 2 is 1.92 bits per heavy atom. The number of morpholine rings is 1. The third-order valence-corrected chi connectivity index (χ3v) is 9.59. The molecule has 1 aromatic heterocycles. The number of nitrogens with zero attached hydrogens (tertiary/aromatic N) is 3. The second-order valence-corrected chi connectivity index (χ2v) is 13.0. The highest BCUT2D eigenvalue weighted by atomic mass is 35.5. The number of benzene rings is 2. The van der Waals surface area contributed by atoms with Gasteiger partial charge in [-0.3, -0.25) is 9.69 Å². The van der Waals surface area contributed by atoms with Crippen molar-refractivity contribution in [3.8, 4) is 11.5 Å². The number of aromatic nitrogens is 1. The van der Waals surface area contributed by atoms with Crippen LogP contribution in [0.25, 0.3) is 10.9 Å². The van der Waals surface area contributed by atoms with Crippen molar-refractivity contribution in [3.63, 3.8) is 0 Å². The van der Waals surface area contributed by atoms with E-state index in [1.165, 1.54) is 12.1 Å². The Bertz CT molecular complexity index is 1670. The number of carbonyl (C=O) groups is 1. The summed E-state index contributed by atoms with van der Waals surface area (Å²) in [5.41, 5.74) is 2.98. The normalized spacial score (nSPS) is 16.8. The van der Waals surface area contributed by atoms with E-state index in [2.05, 4.69) is 29.5 Å². The predicted molar refractivity (Wildman–Crippen MR) is 190 cm³/mol. The molecule has 0 amide bonds. The summed E-state index contributed by atoms with van der Waals surface area (Å²) in [4.78, 5) is 18.3. The summed E-state index contributed by atoms with van der Waals surface area (Å²) in [7, 11) is 2.07. The molecule has 3 aromatic rings. The number of likely N-dealkylation sites (N-methyl/N-ethyl adjacent to an activating group) is 1. The number of anilines is 1. The summed E-state index contributed by atoms with van der Waals surface area (Å²) in [6.45, 7) is 7.96. The van der Waals surface area contributed by atoms with Crippen LogP contribution in [0.5, 0.6) is 11.5 Å². The SMILES string of the molecule is C=C/C(Cl)=C(C[C@H](OC(=O)Cn1ccc2c(N(C)CCN3CCOCC3)cccc21)c1ccc(OC(F)F)c(OCC2CC2)c1)\C(Cl)=C/C. The van der Waals surface area contributed by atoms with E-state index in [1.807, 2.05) is 29.0 Å². The number of ether oxygens (including phenoxy) is 4. The molecule has 5 rings (SSSR count). The number of hydrogen-bond donors (Lipinski definition) is 0. The van der Waals surface area contributed by atoms with Gasteiger partial charge in [0.15, 0.2) is 11.5 Å². The van der Waals surface area contributed by atoms with Crippen molar-refractivity contribution in [1.29, 1.82) is 0 Å². The summed E-state index contributed by atoms with van der Waals surface area (Å²) in [6, 6.07) is 12.6. The zero-order chi connectivity index (χ0) is 34.9. The Morgan fingerprint density at radius 1 is 1.14 bits per heavy atom. The first kappa shape index (κ1) is 36.7. The van der Waals surface area contributed by atoms with Crippen LogP contribution in [0.1, 0.15) is 37.9 Å². The van der Waals surface area contributed by atoms with Crippen molar-refractivity contribution in [3.05, 3.63) is 88.6 Å². The monoisotopic (exact) mass is 717 g/mol.